The van der Waals surface area contributed by atoms with Gasteiger partial charge in [-0.15, -0.1) is 0 Å². The Bertz CT molecular complexity index is 765. The summed E-state index contributed by atoms with van der Waals surface area (Å²) >= 11 is 0. The zero-order valence-corrected chi connectivity index (χ0v) is 14.7. The molecule has 3 rings (SSSR count). The van der Waals surface area contributed by atoms with Gasteiger partial charge in [0.05, 0.1) is 23.1 Å². The second-order valence-electron chi connectivity index (χ2n) is 7.92. The van der Waals surface area contributed by atoms with Crippen molar-refractivity contribution in [3.8, 4) is 11.8 Å². The minimum atomic E-state index is -0.941. The van der Waals surface area contributed by atoms with Gasteiger partial charge in [-0.3, -0.25) is 4.79 Å². The molecule has 6 nitrogen and oxygen atoms in total. The van der Waals surface area contributed by atoms with Crippen molar-refractivity contribution < 1.29 is 19.4 Å². The van der Waals surface area contributed by atoms with Gasteiger partial charge in [0.15, 0.2) is 5.78 Å². The van der Waals surface area contributed by atoms with E-state index in [9.17, 15) is 14.7 Å². The maximum absolute atomic E-state index is 13.3. The van der Waals surface area contributed by atoms with E-state index in [1.165, 1.54) is 4.90 Å². The molecule has 0 saturated carbocycles. The molecule has 132 valence electrons. The van der Waals surface area contributed by atoms with Gasteiger partial charge in [0.1, 0.15) is 11.4 Å². The number of hydrogen-bond acceptors (Lipinski definition) is 4. The first-order valence-electron chi connectivity index (χ1n) is 8.43. The number of Topliss-reactive ketones (excluding diaryl/α,β-unsaturated/α-hetero) is 1. The monoisotopic (exact) mass is 342 g/mol. The van der Waals surface area contributed by atoms with Crippen molar-refractivity contribution >= 4 is 11.9 Å². The number of piperidine rings is 1. The molecule has 1 aromatic rings. The molecule has 0 bridgehead atoms. The van der Waals surface area contributed by atoms with Gasteiger partial charge in [-0.05, 0) is 23.6 Å². The highest BCUT2D eigenvalue weighted by Gasteiger charge is 2.55. The molecule has 25 heavy (non-hydrogen) atoms. The smallest absolute Gasteiger partial charge is 0.407 e. The molecule has 1 saturated heterocycles. The average Bonchev–Trinajstić information content (AvgIpc) is 2.53. The zero-order valence-electron chi connectivity index (χ0n) is 14.7. The van der Waals surface area contributed by atoms with Crippen molar-refractivity contribution in [1.82, 2.24) is 4.90 Å². The number of likely N-dealkylation sites (tertiary alicyclic amines) is 1. The van der Waals surface area contributed by atoms with E-state index in [1.807, 2.05) is 20.8 Å². The summed E-state index contributed by atoms with van der Waals surface area (Å²) in [5.41, 5.74) is -0.170. The zero-order chi connectivity index (χ0) is 18.4. The Labute approximate surface area is 147 Å². The fourth-order valence-corrected chi connectivity index (χ4v) is 4.20. The van der Waals surface area contributed by atoms with Gasteiger partial charge in [-0.1, -0.05) is 20.8 Å². The Morgan fingerprint density at radius 1 is 1.36 bits per heavy atom. The Morgan fingerprint density at radius 3 is 2.52 bits per heavy atom. The largest absolute Gasteiger partial charge is 0.486 e. The number of ketones is 1. The topological polar surface area (TPSA) is 90.6 Å². The SMILES string of the molecule is CC(C)(C)C1C(=O)c2cc(C#N)ccc2OC12CCN(C(=O)O)CC2. The van der Waals surface area contributed by atoms with E-state index in [-0.39, 0.29) is 11.2 Å². The Hall–Kier alpha value is -2.55. The van der Waals surface area contributed by atoms with Crippen molar-refractivity contribution in [2.45, 2.75) is 39.2 Å². The number of hydrogen-bond donors (Lipinski definition) is 1. The predicted molar refractivity (Wildman–Crippen MR) is 90.6 cm³/mol. The first kappa shape index (κ1) is 17.3. The van der Waals surface area contributed by atoms with Crippen LogP contribution in [-0.2, 0) is 0 Å². The molecule has 2 aliphatic rings. The normalized spacial score (nSPS) is 22.1. The van der Waals surface area contributed by atoms with E-state index in [4.69, 9.17) is 10.00 Å². The molecule has 2 aliphatic heterocycles. The van der Waals surface area contributed by atoms with Crippen LogP contribution in [0.4, 0.5) is 4.79 Å². The predicted octanol–water partition coefficient (Wildman–Crippen LogP) is 3.31. The molecule has 1 unspecified atom stereocenters. The maximum atomic E-state index is 13.3. The van der Waals surface area contributed by atoms with Crippen molar-refractivity contribution in [3.63, 3.8) is 0 Å². The van der Waals surface area contributed by atoms with E-state index < -0.39 is 17.6 Å². The molecule has 1 amide bonds. The molecule has 2 heterocycles. The molecule has 1 spiro atoms. The van der Waals surface area contributed by atoms with Gasteiger partial charge in [0.25, 0.3) is 0 Å². The number of rotatable bonds is 0. The van der Waals surface area contributed by atoms with Gasteiger partial charge in [0.2, 0.25) is 0 Å². The van der Waals surface area contributed by atoms with Crippen molar-refractivity contribution in [1.29, 1.82) is 5.26 Å². The first-order chi connectivity index (χ1) is 11.7. The van der Waals surface area contributed by atoms with Gasteiger partial charge in [0, 0.05) is 25.9 Å². The molecular formula is C19H22N2O4. The standard InChI is InChI=1S/C19H22N2O4/c1-18(2,3)16-15(22)13-10-12(11-20)4-5-14(13)25-19(16)6-8-21(9-7-19)17(23)24/h4-5,10,16H,6-9H2,1-3H3,(H,23,24). The van der Waals surface area contributed by atoms with E-state index in [0.717, 1.165) is 0 Å². The Kier molecular flexibility index (Phi) is 3.98. The minimum absolute atomic E-state index is 0.0189. The quantitative estimate of drug-likeness (QED) is 0.781. The first-order valence-corrected chi connectivity index (χ1v) is 8.43. The van der Waals surface area contributed by atoms with Gasteiger partial charge in [-0.25, -0.2) is 4.79 Å². The average molecular weight is 342 g/mol. The molecule has 6 heteroatoms. The van der Waals surface area contributed by atoms with Crippen molar-refractivity contribution in [2.24, 2.45) is 11.3 Å². The van der Waals surface area contributed by atoms with E-state index in [0.29, 0.717) is 42.8 Å². The number of benzene rings is 1. The molecule has 1 N–H and O–H groups in total. The van der Waals surface area contributed by atoms with Crippen LogP contribution in [0.1, 0.15) is 49.5 Å². The molecule has 0 aromatic heterocycles. The van der Waals surface area contributed by atoms with Crippen LogP contribution < -0.4 is 4.74 Å². The van der Waals surface area contributed by atoms with Crippen LogP contribution in [-0.4, -0.2) is 40.6 Å². The van der Waals surface area contributed by atoms with Gasteiger partial charge >= 0.3 is 6.09 Å². The lowest BCUT2D eigenvalue weighted by Crippen LogP contribution is -2.60. The number of carbonyl (C=O) groups is 2. The summed E-state index contributed by atoms with van der Waals surface area (Å²) in [6.07, 6.45) is 0.0158. The van der Waals surface area contributed by atoms with Crippen LogP contribution in [0.3, 0.4) is 0 Å². The lowest BCUT2D eigenvalue weighted by atomic mass is 9.62. The summed E-state index contributed by atoms with van der Waals surface area (Å²) in [6.45, 7) is 6.71. The molecule has 0 aliphatic carbocycles. The summed E-state index contributed by atoms with van der Waals surface area (Å²) in [6, 6.07) is 6.97. The van der Waals surface area contributed by atoms with Gasteiger partial charge in [-0.2, -0.15) is 5.26 Å². The van der Waals surface area contributed by atoms with Crippen LogP contribution in [0.15, 0.2) is 18.2 Å². The highest BCUT2D eigenvalue weighted by molar-refractivity contribution is 6.03. The molecule has 0 radical (unpaired) electrons. The summed E-state index contributed by atoms with van der Waals surface area (Å²) in [4.78, 5) is 25.9. The van der Waals surface area contributed by atoms with Crippen LogP contribution >= 0.6 is 0 Å². The van der Waals surface area contributed by atoms with E-state index >= 15 is 0 Å². The second kappa shape index (κ2) is 5.76. The highest BCUT2D eigenvalue weighted by atomic mass is 16.5. The summed E-state index contributed by atoms with van der Waals surface area (Å²) in [7, 11) is 0. The minimum Gasteiger partial charge on any atom is -0.486 e. The molecule has 1 fully saturated rings. The van der Waals surface area contributed by atoms with Gasteiger partial charge < -0.3 is 14.7 Å². The number of amides is 1. The lowest BCUT2D eigenvalue weighted by molar-refractivity contribution is -0.0695. The summed E-state index contributed by atoms with van der Waals surface area (Å²) in [5.74, 6) is 0.0836. The number of nitrogens with zero attached hydrogens (tertiary/aromatic N) is 2. The number of fused-ring (bicyclic) bond motifs is 1. The van der Waals surface area contributed by atoms with E-state index in [2.05, 4.69) is 6.07 Å². The third kappa shape index (κ3) is 2.84. The maximum Gasteiger partial charge on any atom is 0.407 e. The Balaban J connectivity index is 2.05. The number of carboxylic acid groups (broad SMARTS) is 1. The molecule has 1 atom stereocenters. The highest BCUT2D eigenvalue weighted by Crippen LogP contribution is 2.49. The summed E-state index contributed by atoms with van der Waals surface area (Å²) < 4.78 is 6.35. The summed E-state index contributed by atoms with van der Waals surface area (Å²) in [5, 5.41) is 18.3. The second-order valence-corrected chi connectivity index (χ2v) is 7.92. The number of ether oxygens (including phenoxy) is 1. The van der Waals surface area contributed by atoms with Crippen LogP contribution in [0.2, 0.25) is 0 Å². The number of carbonyl (C=O) groups excluding carboxylic acids is 1. The Morgan fingerprint density at radius 2 is 2.00 bits per heavy atom. The lowest BCUT2D eigenvalue weighted by Gasteiger charge is -2.51. The molecular weight excluding hydrogens is 320 g/mol. The van der Waals surface area contributed by atoms with Crippen LogP contribution in [0.5, 0.6) is 5.75 Å². The third-order valence-electron chi connectivity index (χ3n) is 5.22. The van der Waals surface area contributed by atoms with E-state index in [1.54, 1.807) is 18.2 Å². The third-order valence-corrected chi connectivity index (χ3v) is 5.22. The van der Waals surface area contributed by atoms with Crippen molar-refractivity contribution in [2.75, 3.05) is 13.1 Å². The number of nitriles is 1. The van der Waals surface area contributed by atoms with Crippen molar-refractivity contribution in [3.05, 3.63) is 29.3 Å². The fourth-order valence-electron chi connectivity index (χ4n) is 4.20. The van der Waals surface area contributed by atoms with Crippen LogP contribution in [0, 0.1) is 22.7 Å². The molecule has 1 aromatic carbocycles. The van der Waals surface area contributed by atoms with Crippen LogP contribution in [0.25, 0.3) is 0 Å². The fraction of sp³-hybridized carbons (Fsp3) is 0.526.